The molecule has 1 heterocycles. The Kier molecular flexibility index (Phi) is 5.27. The van der Waals surface area contributed by atoms with Crippen LogP contribution in [-0.4, -0.2) is 55.6 Å². The summed E-state index contributed by atoms with van der Waals surface area (Å²) in [5.41, 5.74) is 6.45. The molecule has 1 saturated heterocycles. The third-order valence-electron chi connectivity index (χ3n) is 5.25. The minimum atomic E-state index is 0.416. The van der Waals surface area contributed by atoms with Gasteiger partial charge in [-0.25, -0.2) is 0 Å². The molecule has 0 aromatic heterocycles. The predicted octanol–water partition coefficient (Wildman–Crippen LogP) is 2.02. The maximum absolute atomic E-state index is 6.45. The average molecular weight is 267 g/mol. The first-order valence-corrected chi connectivity index (χ1v) is 8.11. The number of nitrogens with two attached hydrogens (primary N) is 1. The van der Waals surface area contributed by atoms with E-state index in [0.717, 1.165) is 17.9 Å². The lowest BCUT2D eigenvalue weighted by molar-refractivity contribution is 0.103. The van der Waals surface area contributed by atoms with Crippen molar-refractivity contribution < 1.29 is 0 Å². The summed E-state index contributed by atoms with van der Waals surface area (Å²) in [5.74, 6) is 2.32. The first kappa shape index (κ1) is 15.3. The van der Waals surface area contributed by atoms with Gasteiger partial charge in [-0.15, -0.1) is 0 Å². The second kappa shape index (κ2) is 6.55. The van der Waals surface area contributed by atoms with Crippen LogP contribution in [0.15, 0.2) is 0 Å². The Balaban J connectivity index is 1.92. The van der Waals surface area contributed by atoms with Crippen LogP contribution in [0.4, 0.5) is 0 Å². The van der Waals surface area contributed by atoms with E-state index in [9.17, 15) is 0 Å². The number of hydrogen-bond acceptors (Lipinski definition) is 3. The molecule has 1 aliphatic carbocycles. The van der Waals surface area contributed by atoms with E-state index in [0.29, 0.717) is 12.0 Å². The van der Waals surface area contributed by atoms with Crippen molar-refractivity contribution in [3.05, 3.63) is 0 Å². The second-order valence-corrected chi connectivity index (χ2v) is 7.43. The van der Waals surface area contributed by atoms with Gasteiger partial charge in [-0.1, -0.05) is 13.8 Å². The minimum absolute atomic E-state index is 0.416. The highest BCUT2D eigenvalue weighted by molar-refractivity contribution is 4.90. The van der Waals surface area contributed by atoms with Crippen LogP contribution >= 0.6 is 0 Å². The zero-order chi connectivity index (χ0) is 14.0. The maximum Gasteiger partial charge on any atom is 0.0223 e. The summed E-state index contributed by atoms with van der Waals surface area (Å²) in [6.45, 7) is 8.48. The second-order valence-electron chi connectivity index (χ2n) is 7.43. The van der Waals surface area contributed by atoms with Crippen LogP contribution in [0, 0.1) is 17.8 Å². The first-order chi connectivity index (χ1) is 8.97. The van der Waals surface area contributed by atoms with Gasteiger partial charge in [0.1, 0.15) is 0 Å². The molecule has 5 unspecified atom stereocenters. The van der Waals surface area contributed by atoms with E-state index < -0.39 is 0 Å². The van der Waals surface area contributed by atoms with Crippen LogP contribution in [0.2, 0.25) is 0 Å². The highest BCUT2D eigenvalue weighted by Gasteiger charge is 2.35. The third kappa shape index (κ3) is 3.93. The molecular formula is C16H33N3. The first-order valence-electron chi connectivity index (χ1n) is 8.11. The monoisotopic (exact) mass is 267 g/mol. The fourth-order valence-corrected chi connectivity index (χ4v) is 4.32. The zero-order valence-corrected chi connectivity index (χ0v) is 13.3. The van der Waals surface area contributed by atoms with E-state index in [2.05, 4.69) is 37.7 Å². The molecule has 0 aromatic rings. The van der Waals surface area contributed by atoms with Gasteiger partial charge in [-0.05, 0) is 64.1 Å². The molecule has 2 aliphatic rings. The van der Waals surface area contributed by atoms with E-state index in [1.165, 1.54) is 45.3 Å². The van der Waals surface area contributed by atoms with E-state index in [4.69, 9.17) is 5.73 Å². The largest absolute Gasteiger partial charge is 0.327 e. The average Bonchev–Trinajstić information content (AvgIpc) is 2.70. The van der Waals surface area contributed by atoms with Gasteiger partial charge >= 0.3 is 0 Å². The zero-order valence-electron chi connectivity index (χ0n) is 13.3. The lowest BCUT2D eigenvalue weighted by Crippen LogP contribution is -2.49. The summed E-state index contributed by atoms with van der Waals surface area (Å²) >= 11 is 0. The van der Waals surface area contributed by atoms with Crippen molar-refractivity contribution in [3.63, 3.8) is 0 Å². The van der Waals surface area contributed by atoms with Gasteiger partial charge in [-0.3, -0.25) is 4.90 Å². The molecule has 3 nitrogen and oxygen atoms in total. The molecule has 3 heteroatoms. The van der Waals surface area contributed by atoms with Crippen LogP contribution in [0.25, 0.3) is 0 Å². The number of nitrogens with zero attached hydrogens (tertiary/aromatic N) is 2. The molecule has 2 fully saturated rings. The van der Waals surface area contributed by atoms with Gasteiger partial charge in [0, 0.05) is 25.2 Å². The molecule has 2 N–H and O–H groups in total. The molecule has 1 aliphatic heterocycles. The minimum Gasteiger partial charge on any atom is -0.327 e. The molecule has 0 aromatic carbocycles. The van der Waals surface area contributed by atoms with Gasteiger partial charge in [-0.2, -0.15) is 0 Å². The van der Waals surface area contributed by atoms with E-state index in [1.807, 2.05) is 0 Å². The van der Waals surface area contributed by atoms with Gasteiger partial charge in [0.25, 0.3) is 0 Å². The Morgan fingerprint density at radius 3 is 2.58 bits per heavy atom. The lowest BCUT2D eigenvalue weighted by Gasteiger charge is -2.41. The van der Waals surface area contributed by atoms with Gasteiger partial charge in [0.15, 0.2) is 0 Å². The Hall–Kier alpha value is -0.120. The normalized spacial score (nSPS) is 41.1. The van der Waals surface area contributed by atoms with Crippen LogP contribution < -0.4 is 5.73 Å². The SMILES string of the molecule is CC1CC(C)C(CN2CCCC2CN(C)C)C(N)C1. The van der Waals surface area contributed by atoms with Gasteiger partial charge < -0.3 is 10.6 Å². The van der Waals surface area contributed by atoms with Crippen molar-refractivity contribution in [3.8, 4) is 0 Å². The molecule has 112 valence electrons. The Morgan fingerprint density at radius 1 is 1.21 bits per heavy atom. The molecule has 0 radical (unpaired) electrons. The highest BCUT2D eigenvalue weighted by atomic mass is 15.2. The molecule has 5 atom stereocenters. The summed E-state index contributed by atoms with van der Waals surface area (Å²) in [7, 11) is 4.38. The van der Waals surface area contributed by atoms with Crippen LogP contribution in [0.3, 0.4) is 0 Å². The number of likely N-dealkylation sites (tertiary alicyclic amines) is 1. The number of rotatable bonds is 4. The Morgan fingerprint density at radius 2 is 1.95 bits per heavy atom. The van der Waals surface area contributed by atoms with E-state index >= 15 is 0 Å². The van der Waals surface area contributed by atoms with Crippen LogP contribution in [-0.2, 0) is 0 Å². The molecule has 0 bridgehead atoms. The molecule has 19 heavy (non-hydrogen) atoms. The summed E-state index contributed by atoms with van der Waals surface area (Å²) < 4.78 is 0. The standard InChI is InChI=1S/C16H33N3/c1-12-8-13(2)15(16(17)9-12)11-19-7-5-6-14(19)10-18(3)4/h12-16H,5-11,17H2,1-4H3. The fraction of sp³-hybridized carbons (Fsp3) is 1.00. The van der Waals surface area contributed by atoms with Crippen molar-refractivity contribution in [2.24, 2.45) is 23.5 Å². The maximum atomic E-state index is 6.45. The van der Waals surface area contributed by atoms with Crippen LogP contribution in [0.1, 0.15) is 39.5 Å². The van der Waals surface area contributed by atoms with Gasteiger partial charge in [0.05, 0.1) is 0 Å². The Bertz CT molecular complexity index is 267. The van der Waals surface area contributed by atoms with Crippen molar-refractivity contribution in [2.75, 3.05) is 33.7 Å². The van der Waals surface area contributed by atoms with E-state index in [-0.39, 0.29) is 0 Å². The lowest BCUT2D eigenvalue weighted by atomic mass is 9.72. The summed E-state index contributed by atoms with van der Waals surface area (Å²) in [4.78, 5) is 5.05. The van der Waals surface area contributed by atoms with Gasteiger partial charge in [0.2, 0.25) is 0 Å². The Labute approximate surface area is 119 Å². The quantitative estimate of drug-likeness (QED) is 0.846. The van der Waals surface area contributed by atoms with E-state index in [1.54, 1.807) is 0 Å². The van der Waals surface area contributed by atoms with Crippen molar-refractivity contribution >= 4 is 0 Å². The third-order valence-corrected chi connectivity index (χ3v) is 5.25. The predicted molar refractivity (Wildman–Crippen MR) is 82.2 cm³/mol. The summed E-state index contributed by atoms with van der Waals surface area (Å²) in [6, 6.07) is 1.17. The molecule has 2 rings (SSSR count). The number of likely N-dealkylation sites (N-methyl/N-ethyl adjacent to an activating group) is 1. The topological polar surface area (TPSA) is 32.5 Å². The summed E-state index contributed by atoms with van der Waals surface area (Å²) in [6.07, 6.45) is 5.32. The number of hydrogen-bond donors (Lipinski definition) is 1. The molecule has 0 spiro atoms. The highest BCUT2D eigenvalue weighted by Crippen LogP contribution is 2.34. The smallest absolute Gasteiger partial charge is 0.0223 e. The summed E-state index contributed by atoms with van der Waals surface area (Å²) in [5, 5.41) is 0. The fourth-order valence-electron chi connectivity index (χ4n) is 4.32. The molecule has 0 amide bonds. The van der Waals surface area contributed by atoms with Crippen LogP contribution in [0.5, 0.6) is 0 Å². The van der Waals surface area contributed by atoms with Crippen molar-refractivity contribution in [1.29, 1.82) is 0 Å². The van der Waals surface area contributed by atoms with Crippen molar-refractivity contribution in [1.82, 2.24) is 9.80 Å². The molecular weight excluding hydrogens is 234 g/mol. The molecule has 1 saturated carbocycles. The van der Waals surface area contributed by atoms with Crippen molar-refractivity contribution in [2.45, 2.75) is 51.6 Å².